The molecule has 96 valence electrons. The van der Waals surface area contributed by atoms with E-state index in [0.29, 0.717) is 13.0 Å². The maximum atomic E-state index is 11.6. The minimum Gasteiger partial charge on any atom is -0.493 e. The number of carbonyl (C=O) groups excluding carboxylic acids is 1. The first-order valence-corrected chi connectivity index (χ1v) is 6.82. The van der Waals surface area contributed by atoms with Gasteiger partial charge in [0.05, 0.1) is 12.0 Å². The van der Waals surface area contributed by atoms with E-state index in [1.54, 1.807) is 0 Å². The molecule has 2 heterocycles. The number of fused-ring (bicyclic) bond motifs is 1. The molecular weight excluding hydrogens is 250 g/mol. The molecule has 1 amide bonds. The lowest BCUT2D eigenvalue weighted by atomic mass is 10.1. The summed E-state index contributed by atoms with van der Waals surface area (Å²) >= 11 is 5.98. The lowest BCUT2D eigenvalue weighted by Crippen LogP contribution is -2.27. The topological polar surface area (TPSA) is 29.5 Å². The fourth-order valence-electron chi connectivity index (χ4n) is 2.60. The van der Waals surface area contributed by atoms with Gasteiger partial charge in [0.2, 0.25) is 5.91 Å². The Labute approximate surface area is 112 Å². The van der Waals surface area contributed by atoms with Crippen LogP contribution in [-0.4, -0.2) is 35.9 Å². The normalized spacial score (nSPS) is 22.2. The van der Waals surface area contributed by atoms with Gasteiger partial charge in [-0.05, 0) is 23.6 Å². The summed E-state index contributed by atoms with van der Waals surface area (Å²) in [5, 5.41) is -0.00841. The second-order valence-electron chi connectivity index (χ2n) is 4.93. The first-order chi connectivity index (χ1) is 8.72. The van der Waals surface area contributed by atoms with E-state index in [9.17, 15) is 4.79 Å². The lowest BCUT2D eigenvalue weighted by Gasteiger charge is -2.15. The van der Waals surface area contributed by atoms with Crippen molar-refractivity contribution < 1.29 is 9.53 Å². The van der Waals surface area contributed by atoms with Gasteiger partial charge in [-0.3, -0.25) is 4.79 Å². The summed E-state index contributed by atoms with van der Waals surface area (Å²) in [5.41, 5.74) is 2.56. The molecule has 1 unspecified atom stereocenters. The van der Waals surface area contributed by atoms with Crippen LogP contribution < -0.4 is 4.74 Å². The summed E-state index contributed by atoms with van der Waals surface area (Å²) in [6, 6.07) is 6.32. The summed E-state index contributed by atoms with van der Waals surface area (Å²) < 4.78 is 5.48. The molecule has 0 bridgehead atoms. The van der Waals surface area contributed by atoms with Crippen LogP contribution in [0.4, 0.5) is 0 Å². The van der Waals surface area contributed by atoms with E-state index in [0.717, 1.165) is 31.7 Å². The predicted octanol–water partition coefficient (Wildman–Crippen LogP) is 2.00. The monoisotopic (exact) mass is 265 g/mol. The average Bonchev–Trinajstić information content (AvgIpc) is 2.92. The molecule has 4 heteroatoms. The first kappa shape index (κ1) is 11.8. The molecule has 1 atom stereocenters. The van der Waals surface area contributed by atoms with Gasteiger partial charge in [-0.25, -0.2) is 0 Å². The van der Waals surface area contributed by atoms with Gasteiger partial charge in [-0.15, -0.1) is 11.6 Å². The molecule has 0 aliphatic carbocycles. The van der Waals surface area contributed by atoms with Crippen LogP contribution in [0.25, 0.3) is 0 Å². The van der Waals surface area contributed by atoms with Crippen LogP contribution in [0.3, 0.4) is 0 Å². The van der Waals surface area contributed by atoms with E-state index < -0.39 is 0 Å². The number of nitrogens with zero attached hydrogens (tertiary/aromatic N) is 1. The molecule has 0 aromatic heterocycles. The van der Waals surface area contributed by atoms with Crippen LogP contribution >= 0.6 is 11.6 Å². The smallest absolute Gasteiger partial charge is 0.224 e. The second-order valence-corrected chi connectivity index (χ2v) is 5.55. The SMILES string of the molecule is O=C1CC(Cl)CN1CCc1ccc2c(c1)CCO2. The Morgan fingerprint density at radius 2 is 2.33 bits per heavy atom. The predicted molar refractivity (Wildman–Crippen MR) is 70.2 cm³/mol. The summed E-state index contributed by atoms with van der Waals surface area (Å²) in [6.45, 7) is 2.24. The minimum absolute atomic E-state index is 0.00841. The van der Waals surface area contributed by atoms with Crippen LogP contribution in [0.15, 0.2) is 18.2 Å². The summed E-state index contributed by atoms with van der Waals surface area (Å²) in [6.07, 6.45) is 2.37. The van der Waals surface area contributed by atoms with Gasteiger partial charge in [0.1, 0.15) is 5.75 Å². The summed E-state index contributed by atoms with van der Waals surface area (Å²) in [5.74, 6) is 1.19. The van der Waals surface area contributed by atoms with Gasteiger partial charge >= 0.3 is 0 Å². The fourth-order valence-corrected chi connectivity index (χ4v) is 2.90. The summed E-state index contributed by atoms with van der Waals surface area (Å²) in [7, 11) is 0. The van der Waals surface area contributed by atoms with Crippen molar-refractivity contribution in [3.05, 3.63) is 29.3 Å². The van der Waals surface area contributed by atoms with Crippen molar-refractivity contribution in [1.82, 2.24) is 4.90 Å². The van der Waals surface area contributed by atoms with E-state index in [4.69, 9.17) is 16.3 Å². The number of hydrogen-bond acceptors (Lipinski definition) is 2. The van der Waals surface area contributed by atoms with Crippen LogP contribution in [0, 0.1) is 0 Å². The van der Waals surface area contributed by atoms with Gasteiger partial charge in [0, 0.05) is 25.9 Å². The van der Waals surface area contributed by atoms with E-state index in [1.165, 1.54) is 11.1 Å². The zero-order valence-corrected chi connectivity index (χ0v) is 10.9. The molecule has 18 heavy (non-hydrogen) atoms. The Kier molecular flexibility index (Phi) is 3.16. The third-order valence-electron chi connectivity index (χ3n) is 3.59. The van der Waals surface area contributed by atoms with E-state index in [2.05, 4.69) is 12.1 Å². The fraction of sp³-hybridized carbons (Fsp3) is 0.500. The number of amides is 1. The standard InChI is InChI=1S/C14H16ClNO2/c15-12-8-14(17)16(9-12)5-3-10-1-2-13-11(7-10)4-6-18-13/h1-2,7,12H,3-6,8-9H2. The average molecular weight is 266 g/mol. The van der Waals surface area contributed by atoms with Crippen molar-refractivity contribution in [2.24, 2.45) is 0 Å². The van der Waals surface area contributed by atoms with Gasteiger partial charge in [-0.1, -0.05) is 12.1 Å². The number of halogens is 1. The highest BCUT2D eigenvalue weighted by molar-refractivity contribution is 6.22. The number of rotatable bonds is 3. The largest absolute Gasteiger partial charge is 0.493 e. The van der Waals surface area contributed by atoms with Gasteiger partial charge < -0.3 is 9.64 Å². The zero-order chi connectivity index (χ0) is 12.5. The Morgan fingerprint density at radius 3 is 3.11 bits per heavy atom. The molecule has 1 saturated heterocycles. The number of carbonyl (C=O) groups is 1. The molecule has 2 aliphatic rings. The highest BCUT2D eigenvalue weighted by Gasteiger charge is 2.27. The highest BCUT2D eigenvalue weighted by Crippen LogP contribution is 2.26. The molecule has 0 radical (unpaired) electrons. The number of hydrogen-bond donors (Lipinski definition) is 0. The van der Waals surface area contributed by atoms with E-state index in [1.807, 2.05) is 11.0 Å². The molecule has 1 aromatic rings. The Balaban J connectivity index is 1.62. The Bertz CT molecular complexity index is 475. The number of benzene rings is 1. The van der Waals surface area contributed by atoms with Gasteiger partial charge in [-0.2, -0.15) is 0 Å². The van der Waals surface area contributed by atoms with E-state index >= 15 is 0 Å². The first-order valence-electron chi connectivity index (χ1n) is 6.39. The molecule has 3 nitrogen and oxygen atoms in total. The van der Waals surface area contributed by atoms with Crippen molar-refractivity contribution in [2.45, 2.75) is 24.6 Å². The van der Waals surface area contributed by atoms with E-state index in [-0.39, 0.29) is 11.3 Å². The maximum absolute atomic E-state index is 11.6. The molecule has 0 saturated carbocycles. The number of likely N-dealkylation sites (tertiary alicyclic amines) is 1. The Hall–Kier alpha value is -1.22. The van der Waals surface area contributed by atoms with Crippen molar-refractivity contribution in [3.63, 3.8) is 0 Å². The van der Waals surface area contributed by atoms with Crippen molar-refractivity contribution in [3.8, 4) is 5.75 Å². The van der Waals surface area contributed by atoms with Crippen molar-refractivity contribution >= 4 is 17.5 Å². The second kappa shape index (κ2) is 4.81. The van der Waals surface area contributed by atoms with Gasteiger partial charge in [0.25, 0.3) is 0 Å². The maximum Gasteiger partial charge on any atom is 0.224 e. The third kappa shape index (κ3) is 2.32. The lowest BCUT2D eigenvalue weighted by molar-refractivity contribution is -0.127. The summed E-state index contributed by atoms with van der Waals surface area (Å²) in [4.78, 5) is 13.5. The van der Waals surface area contributed by atoms with Crippen molar-refractivity contribution in [1.29, 1.82) is 0 Å². The minimum atomic E-state index is -0.00841. The third-order valence-corrected chi connectivity index (χ3v) is 3.88. The van der Waals surface area contributed by atoms with Gasteiger partial charge in [0.15, 0.2) is 0 Å². The molecule has 0 N–H and O–H groups in total. The van der Waals surface area contributed by atoms with Crippen LogP contribution in [0.1, 0.15) is 17.5 Å². The number of ether oxygens (including phenoxy) is 1. The highest BCUT2D eigenvalue weighted by atomic mass is 35.5. The van der Waals surface area contributed by atoms with Crippen LogP contribution in [0.5, 0.6) is 5.75 Å². The Morgan fingerprint density at radius 1 is 1.44 bits per heavy atom. The molecule has 3 rings (SSSR count). The molecular formula is C14H16ClNO2. The van der Waals surface area contributed by atoms with Crippen LogP contribution in [-0.2, 0) is 17.6 Å². The molecule has 2 aliphatic heterocycles. The molecule has 1 aromatic carbocycles. The quantitative estimate of drug-likeness (QED) is 0.783. The number of alkyl halides is 1. The van der Waals surface area contributed by atoms with Crippen LogP contribution in [0.2, 0.25) is 0 Å². The molecule has 1 fully saturated rings. The zero-order valence-electron chi connectivity index (χ0n) is 10.2. The van der Waals surface area contributed by atoms with Crippen molar-refractivity contribution in [2.75, 3.05) is 19.7 Å². The molecule has 0 spiro atoms.